The summed E-state index contributed by atoms with van der Waals surface area (Å²) in [5, 5.41) is 3.05. The van der Waals surface area contributed by atoms with Crippen molar-refractivity contribution in [2.75, 3.05) is 14.2 Å². The summed E-state index contributed by atoms with van der Waals surface area (Å²) in [6, 6.07) is 1.80. The molecule has 1 rings (SSSR count). The van der Waals surface area contributed by atoms with Gasteiger partial charge in [-0.3, -0.25) is 4.79 Å². The smallest absolute Gasteiger partial charge is 0.151 e. The van der Waals surface area contributed by atoms with Crippen LogP contribution in [0.4, 0.5) is 0 Å². The van der Waals surface area contributed by atoms with Gasteiger partial charge in [0.25, 0.3) is 0 Å². The predicted molar refractivity (Wildman–Crippen MR) is 69.7 cm³/mol. The Labute approximate surface area is 103 Å². The highest BCUT2D eigenvalue weighted by Crippen LogP contribution is 2.34. The number of hydrogen-bond donors (Lipinski definition) is 1. The summed E-state index contributed by atoms with van der Waals surface area (Å²) in [5.41, 5.74) is 4.31. The second-order valence-corrected chi connectivity index (χ2v) is 4.41. The molecule has 0 aliphatic heterocycles. The Morgan fingerprint density at radius 2 is 1.88 bits per heavy atom. The van der Waals surface area contributed by atoms with E-state index in [-0.39, 0.29) is 11.8 Å². The lowest BCUT2D eigenvalue weighted by atomic mass is 9.92. The van der Waals surface area contributed by atoms with Crippen LogP contribution in [0.2, 0.25) is 0 Å². The quantitative estimate of drug-likeness (QED) is 0.871. The fourth-order valence-corrected chi connectivity index (χ4v) is 2.24. The molecule has 0 spiro atoms. The number of likely N-dealkylation sites (N-methyl/N-ethyl adjacent to an activating group) is 1. The highest BCUT2D eigenvalue weighted by atomic mass is 16.5. The monoisotopic (exact) mass is 235 g/mol. The number of benzene rings is 1. The number of ether oxygens (including phenoxy) is 1. The van der Waals surface area contributed by atoms with Gasteiger partial charge in [0.15, 0.2) is 5.78 Å². The number of carbonyl (C=O) groups is 1. The SMILES string of the molecule is CNC(C(C)=O)c1c(C)cc(C)c(C)c1OC. The minimum Gasteiger partial charge on any atom is -0.496 e. The van der Waals surface area contributed by atoms with Gasteiger partial charge in [-0.05, 0) is 51.4 Å². The lowest BCUT2D eigenvalue weighted by Crippen LogP contribution is -2.25. The molecule has 0 bridgehead atoms. The van der Waals surface area contributed by atoms with E-state index in [9.17, 15) is 4.79 Å². The lowest BCUT2D eigenvalue weighted by molar-refractivity contribution is -0.119. The van der Waals surface area contributed by atoms with E-state index >= 15 is 0 Å². The van der Waals surface area contributed by atoms with Gasteiger partial charge in [0, 0.05) is 5.56 Å². The van der Waals surface area contributed by atoms with Crippen molar-refractivity contribution in [3.8, 4) is 5.75 Å². The summed E-state index contributed by atoms with van der Waals surface area (Å²) in [6.45, 7) is 7.67. The van der Waals surface area contributed by atoms with Gasteiger partial charge in [-0.15, -0.1) is 0 Å². The molecule has 1 atom stereocenters. The number of methoxy groups -OCH3 is 1. The van der Waals surface area contributed by atoms with Gasteiger partial charge < -0.3 is 10.1 Å². The normalized spacial score (nSPS) is 12.4. The number of aryl methyl sites for hydroxylation is 2. The zero-order valence-corrected chi connectivity index (χ0v) is 11.5. The third-order valence-corrected chi connectivity index (χ3v) is 3.22. The van der Waals surface area contributed by atoms with E-state index in [1.54, 1.807) is 21.1 Å². The highest BCUT2D eigenvalue weighted by Gasteiger charge is 2.23. The number of ketones is 1. The molecule has 0 aromatic heterocycles. The Morgan fingerprint density at radius 1 is 1.29 bits per heavy atom. The van der Waals surface area contributed by atoms with Gasteiger partial charge in [0.05, 0.1) is 13.2 Å². The molecular formula is C14H21NO2. The minimum atomic E-state index is -0.302. The van der Waals surface area contributed by atoms with Crippen molar-refractivity contribution in [3.63, 3.8) is 0 Å². The van der Waals surface area contributed by atoms with Crippen molar-refractivity contribution in [1.29, 1.82) is 0 Å². The molecule has 0 fully saturated rings. The number of Topliss-reactive ketones (excluding diaryl/α,β-unsaturated/α-hetero) is 1. The van der Waals surface area contributed by atoms with Gasteiger partial charge in [-0.25, -0.2) is 0 Å². The molecular weight excluding hydrogens is 214 g/mol. The summed E-state index contributed by atoms with van der Waals surface area (Å²) >= 11 is 0. The molecule has 0 radical (unpaired) electrons. The van der Waals surface area contributed by atoms with Crippen molar-refractivity contribution in [2.24, 2.45) is 0 Å². The number of nitrogens with one attached hydrogen (secondary N) is 1. The van der Waals surface area contributed by atoms with Gasteiger partial charge >= 0.3 is 0 Å². The minimum absolute atomic E-state index is 0.0946. The molecule has 0 aliphatic carbocycles. The zero-order chi connectivity index (χ0) is 13.2. The third kappa shape index (κ3) is 2.50. The standard InChI is InChI=1S/C14H21NO2/c1-8-7-9(2)12(13(15-5)11(4)16)14(17-6)10(8)3/h7,13,15H,1-6H3. The van der Waals surface area contributed by atoms with E-state index in [4.69, 9.17) is 4.74 Å². The molecule has 17 heavy (non-hydrogen) atoms. The molecule has 3 heteroatoms. The third-order valence-electron chi connectivity index (χ3n) is 3.22. The van der Waals surface area contributed by atoms with Gasteiger partial charge in [-0.2, -0.15) is 0 Å². The summed E-state index contributed by atoms with van der Waals surface area (Å²) in [4.78, 5) is 11.7. The van der Waals surface area contributed by atoms with Gasteiger partial charge in [0.2, 0.25) is 0 Å². The molecule has 3 nitrogen and oxygen atoms in total. The van der Waals surface area contributed by atoms with Crippen LogP contribution in [0.1, 0.15) is 35.2 Å². The average Bonchev–Trinajstić information content (AvgIpc) is 2.26. The molecule has 0 amide bonds. The number of rotatable bonds is 4. The first-order chi connectivity index (χ1) is 7.93. The number of carbonyl (C=O) groups excluding carboxylic acids is 1. The molecule has 0 saturated heterocycles. The molecule has 1 aromatic rings. The second kappa shape index (κ2) is 5.32. The Morgan fingerprint density at radius 3 is 2.29 bits per heavy atom. The topological polar surface area (TPSA) is 38.3 Å². The van der Waals surface area contributed by atoms with Crippen molar-refractivity contribution < 1.29 is 9.53 Å². The van der Waals surface area contributed by atoms with Crippen molar-refractivity contribution in [2.45, 2.75) is 33.7 Å². The first kappa shape index (κ1) is 13.7. The summed E-state index contributed by atoms with van der Waals surface area (Å²) in [5.74, 6) is 0.911. The van der Waals surface area contributed by atoms with Crippen molar-refractivity contribution in [3.05, 3.63) is 28.3 Å². The summed E-state index contributed by atoms with van der Waals surface area (Å²) < 4.78 is 5.48. The van der Waals surface area contributed by atoms with Gasteiger partial charge in [-0.1, -0.05) is 6.07 Å². The average molecular weight is 235 g/mol. The fraction of sp³-hybridized carbons (Fsp3) is 0.500. The summed E-state index contributed by atoms with van der Waals surface area (Å²) in [6.07, 6.45) is 0. The Hall–Kier alpha value is -1.35. The second-order valence-electron chi connectivity index (χ2n) is 4.41. The maximum Gasteiger partial charge on any atom is 0.151 e. The fourth-order valence-electron chi connectivity index (χ4n) is 2.24. The maximum absolute atomic E-state index is 11.7. The van der Waals surface area contributed by atoms with E-state index < -0.39 is 0 Å². The van der Waals surface area contributed by atoms with Crippen LogP contribution in [0.25, 0.3) is 0 Å². The van der Waals surface area contributed by atoms with Crippen molar-refractivity contribution in [1.82, 2.24) is 5.32 Å². The Balaban J connectivity index is 3.50. The van der Waals surface area contributed by atoms with E-state index in [1.807, 2.05) is 13.8 Å². The van der Waals surface area contributed by atoms with Gasteiger partial charge in [0.1, 0.15) is 5.75 Å². The van der Waals surface area contributed by atoms with E-state index in [1.165, 1.54) is 5.56 Å². The first-order valence-corrected chi connectivity index (χ1v) is 5.76. The largest absolute Gasteiger partial charge is 0.496 e. The molecule has 0 heterocycles. The zero-order valence-electron chi connectivity index (χ0n) is 11.5. The predicted octanol–water partition coefficient (Wildman–Crippen LogP) is 2.47. The molecule has 94 valence electrons. The number of hydrogen-bond acceptors (Lipinski definition) is 3. The molecule has 1 N–H and O–H groups in total. The van der Waals surface area contributed by atoms with Crippen molar-refractivity contribution >= 4 is 5.78 Å². The van der Waals surface area contributed by atoms with Crippen LogP contribution < -0.4 is 10.1 Å². The van der Waals surface area contributed by atoms with E-state index in [0.717, 1.165) is 22.4 Å². The summed E-state index contributed by atoms with van der Waals surface area (Å²) in [7, 11) is 3.44. The Bertz CT molecular complexity index is 438. The maximum atomic E-state index is 11.7. The van der Waals surface area contributed by atoms with E-state index in [2.05, 4.69) is 18.3 Å². The van der Waals surface area contributed by atoms with Crippen LogP contribution in [0.15, 0.2) is 6.07 Å². The van der Waals surface area contributed by atoms with Crippen LogP contribution in [0.3, 0.4) is 0 Å². The highest BCUT2D eigenvalue weighted by molar-refractivity contribution is 5.84. The lowest BCUT2D eigenvalue weighted by Gasteiger charge is -2.22. The van der Waals surface area contributed by atoms with Crippen LogP contribution in [-0.4, -0.2) is 19.9 Å². The molecule has 0 aliphatic rings. The first-order valence-electron chi connectivity index (χ1n) is 5.76. The van der Waals surface area contributed by atoms with Crippen LogP contribution in [0.5, 0.6) is 5.75 Å². The Kier molecular flexibility index (Phi) is 4.29. The molecule has 0 saturated carbocycles. The van der Waals surface area contributed by atoms with Crippen LogP contribution >= 0.6 is 0 Å². The van der Waals surface area contributed by atoms with E-state index in [0.29, 0.717) is 0 Å². The molecule has 1 aromatic carbocycles. The molecule has 1 unspecified atom stereocenters. The van der Waals surface area contributed by atoms with Crippen LogP contribution in [-0.2, 0) is 4.79 Å². The van der Waals surface area contributed by atoms with Crippen LogP contribution in [0, 0.1) is 20.8 Å².